The van der Waals surface area contributed by atoms with Crippen molar-refractivity contribution in [3.63, 3.8) is 0 Å². The number of nitrogens with one attached hydrogen (secondary N) is 2. The fourth-order valence-electron chi connectivity index (χ4n) is 1.73. The average molecular weight is 277 g/mol. The van der Waals surface area contributed by atoms with Gasteiger partial charge in [-0.2, -0.15) is 0 Å². The molecule has 20 heavy (non-hydrogen) atoms. The van der Waals surface area contributed by atoms with Crippen LogP contribution in [-0.4, -0.2) is 24.4 Å². The van der Waals surface area contributed by atoms with Gasteiger partial charge in [0.15, 0.2) is 0 Å². The standard InChI is InChI=1S/C15H23N3O2/c1-5-17-14(19)11-6-7-12(10(4)8-11)18-15(20)13(16)9(2)3/h6-9,13H,5,16H2,1-4H3,(H,17,19)(H,18,20). The number of anilines is 1. The summed E-state index contributed by atoms with van der Waals surface area (Å²) in [6, 6.07) is 4.62. The molecule has 5 nitrogen and oxygen atoms in total. The zero-order chi connectivity index (χ0) is 15.3. The molecular weight excluding hydrogens is 254 g/mol. The second-order valence-corrected chi connectivity index (χ2v) is 5.15. The van der Waals surface area contributed by atoms with Crippen LogP contribution < -0.4 is 16.4 Å². The smallest absolute Gasteiger partial charge is 0.251 e. The van der Waals surface area contributed by atoms with E-state index < -0.39 is 6.04 Å². The average Bonchev–Trinajstić information content (AvgIpc) is 2.40. The molecule has 0 heterocycles. The molecule has 0 bridgehead atoms. The van der Waals surface area contributed by atoms with E-state index in [0.717, 1.165) is 5.56 Å². The molecular formula is C15H23N3O2. The summed E-state index contributed by atoms with van der Waals surface area (Å²) in [6.45, 7) is 8.09. The molecule has 0 saturated heterocycles. The largest absolute Gasteiger partial charge is 0.352 e. The van der Waals surface area contributed by atoms with Crippen molar-refractivity contribution in [1.29, 1.82) is 0 Å². The SMILES string of the molecule is CCNC(=O)c1ccc(NC(=O)C(N)C(C)C)c(C)c1. The zero-order valence-electron chi connectivity index (χ0n) is 12.5. The molecule has 5 heteroatoms. The van der Waals surface area contributed by atoms with Crippen molar-refractivity contribution < 1.29 is 9.59 Å². The minimum atomic E-state index is -0.544. The van der Waals surface area contributed by atoms with Crippen LogP contribution in [0.15, 0.2) is 18.2 Å². The van der Waals surface area contributed by atoms with Gasteiger partial charge in [-0.15, -0.1) is 0 Å². The van der Waals surface area contributed by atoms with Gasteiger partial charge in [0, 0.05) is 17.8 Å². The molecule has 0 fully saturated rings. The van der Waals surface area contributed by atoms with Gasteiger partial charge >= 0.3 is 0 Å². The van der Waals surface area contributed by atoms with Crippen LogP contribution in [0, 0.1) is 12.8 Å². The predicted molar refractivity (Wildman–Crippen MR) is 80.6 cm³/mol. The van der Waals surface area contributed by atoms with E-state index >= 15 is 0 Å². The fourth-order valence-corrected chi connectivity index (χ4v) is 1.73. The van der Waals surface area contributed by atoms with Crippen molar-refractivity contribution in [2.45, 2.75) is 33.7 Å². The highest BCUT2D eigenvalue weighted by atomic mass is 16.2. The van der Waals surface area contributed by atoms with Crippen LogP contribution in [0.1, 0.15) is 36.7 Å². The molecule has 4 N–H and O–H groups in total. The van der Waals surface area contributed by atoms with Crippen LogP contribution in [0.4, 0.5) is 5.69 Å². The highest BCUT2D eigenvalue weighted by Crippen LogP contribution is 2.17. The van der Waals surface area contributed by atoms with Gasteiger partial charge in [-0.05, 0) is 43.5 Å². The van der Waals surface area contributed by atoms with E-state index in [1.165, 1.54) is 0 Å². The molecule has 0 aliphatic rings. The van der Waals surface area contributed by atoms with Crippen LogP contribution in [0.5, 0.6) is 0 Å². The van der Waals surface area contributed by atoms with Crippen LogP contribution in [0.2, 0.25) is 0 Å². The normalized spacial score (nSPS) is 12.1. The minimum absolute atomic E-state index is 0.0740. The van der Waals surface area contributed by atoms with E-state index in [0.29, 0.717) is 17.8 Å². The zero-order valence-corrected chi connectivity index (χ0v) is 12.5. The molecule has 1 atom stereocenters. The monoisotopic (exact) mass is 277 g/mol. The number of nitrogens with two attached hydrogens (primary N) is 1. The fraction of sp³-hybridized carbons (Fsp3) is 0.467. The number of benzene rings is 1. The van der Waals surface area contributed by atoms with Gasteiger partial charge in [-0.1, -0.05) is 13.8 Å². The lowest BCUT2D eigenvalue weighted by molar-refractivity contribution is -0.118. The number of carbonyl (C=O) groups is 2. The van der Waals surface area contributed by atoms with Crippen LogP contribution in [0.3, 0.4) is 0 Å². The maximum atomic E-state index is 11.9. The van der Waals surface area contributed by atoms with Gasteiger partial charge in [0.05, 0.1) is 6.04 Å². The number of amides is 2. The summed E-state index contributed by atoms with van der Waals surface area (Å²) in [6.07, 6.45) is 0. The summed E-state index contributed by atoms with van der Waals surface area (Å²) in [5.74, 6) is -0.258. The summed E-state index contributed by atoms with van der Waals surface area (Å²) in [5.41, 5.74) is 7.89. The third kappa shape index (κ3) is 4.06. The Kier molecular flexibility index (Phi) is 5.70. The molecule has 0 radical (unpaired) electrons. The van der Waals surface area contributed by atoms with Gasteiger partial charge in [0.25, 0.3) is 5.91 Å². The Labute approximate surface area is 119 Å². The first-order valence-corrected chi connectivity index (χ1v) is 6.82. The van der Waals surface area contributed by atoms with Gasteiger partial charge in [-0.25, -0.2) is 0 Å². The third-order valence-electron chi connectivity index (χ3n) is 3.10. The van der Waals surface area contributed by atoms with Crippen molar-refractivity contribution in [3.8, 4) is 0 Å². The summed E-state index contributed by atoms with van der Waals surface area (Å²) in [5, 5.41) is 5.53. The van der Waals surface area contributed by atoms with Gasteiger partial charge in [0.2, 0.25) is 5.91 Å². The first-order chi connectivity index (χ1) is 9.36. The first-order valence-electron chi connectivity index (χ1n) is 6.82. The summed E-state index contributed by atoms with van der Waals surface area (Å²) in [4.78, 5) is 23.6. The Morgan fingerprint density at radius 1 is 1.30 bits per heavy atom. The molecule has 1 unspecified atom stereocenters. The molecule has 0 aliphatic carbocycles. The highest BCUT2D eigenvalue weighted by Gasteiger charge is 2.18. The summed E-state index contributed by atoms with van der Waals surface area (Å²) >= 11 is 0. The van der Waals surface area contributed by atoms with Crippen molar-refractivity contribution >= 4 is 17.5 Å². The Morgan fingerprint density at radius 2 is 1.95 bits per heavy atom. The second kappa shape index (κ2) is 7.05. The lowest BCUT2D eigenvalue weighted by Crippen LogP contribution is -2.39. The molecule has 0 spiro atoms. The lowest BCUT2D eigenvalue weighted by Gasteiger charge is -2.16. The molecule has 0 aliphatic heterocycles. The Hall–Kier alpha value is -1.88. The molecule has 0 aromatic heterocycles. The van der Waals surface area contributed by atoms with Crippen molar-refractivity contribution in [2.24, 2.45) is 11.7 Å². The predicted octanol–water partition coefficient (Wildman–Crippen LogP) is 1.67. The van der Waals surface area contributed by atoms with Crippen LogP contribution >= 0.6 is 0 Å². The highest BCUT2D eigenvalue weighted by molar-refractivity contribution is 5.98. The maximum Gasteiger partial charge on any atom is 0.251 e. The molecule has 1 rings (SSSR count). The van der Waals surface area contributed by atoms with E-state index in [-0.39, 0.29) is 17.7 Å². The first kappa shape index (κ1) is 16.2. The number of hydrogen-bond donors (Lipinski definition) is 3. The maximum absolute atomic E-state index is 11.9. The van der Waals surface area contributed by atoms with Gasteiger partial charge in [0.1, 0.15) is 0 Å². The summed E-state index contributed by atoms with van der Waals surface area (Å²) < 4.78 is 0. The number of carbonyl (C=O) groups excluding carboxylic acids is 2. The Bertz CT molecular complexity index is 498. The van der Waals surface area contributed by atoms with E-state index in [1.54, 1.807) is 18.2 Å². The number of aryl methyl sites for hydroxylation is 1. The Morgan fingerprint density at radius 3 is 2.45 bits per heavy atom. The van der Waals surface area contributed by atoms with Crippen molar-refractivity contribution in [2.75, 3.05) is 11.9 Å². The van der Waals surface area contributed by atoms with Gasteiger partial charge < -0.3 is 16.4 Å². The van der Waals surface area contributed by atoms with Crippen molar-refractivity contribution in [3.05, 3.63) is 29.3 Å². The molecule has 0 saturated carbocycles. The van der Waals surface area contributed by atoms with Crippen LogP contribution in [0.25, 0.3) is 0 Å². The van der Waals surface area contributed by atoms with E-state index in [9.17, 15) is 9.59 Å². The van der Waals surface area contributed by atoms with E-state index in [4.69, 9.17) is 5.73 Å². The van der Waals surface area contributed by atoms with E-state index in [2.05, 4.69) is 10.6 Å². The van der Waals surface area contributed by atoms with Crippen LogP contribution in [-0.2, 0) is 4.79 Å². The minimum Gasteiger partial charge on any atom is -0.352 e. The van der Waals surface area contributed by atoms with Crippen molar-refractivity contribution in [1.82, 2.24) is 5.32 Å². The number of hydrogen-bond acceptors (Lipinski definition) is 3. The Balaban J connectivity index is 2.84. The quantitative estimate of drug-likeness (QED) is 0.765. The lowest BCUT2D eigenvalue weighted by atomic mass is 10.0. The molecule has 1 aromatic rings. The summed E-state index contributed by atoms with van der Waals surface area (Å²) in [7, 11) is 0. The molecule has 110 valence electrons. The molecule has 2 amide bonds. The second-order valence-electron chi connectivity index (χ2n) is 5.15. The topological polar surface area (TPSA) is 84.2 Å². The molecule has 1 aromatic carbocycles. The van der Waals surface area contributed by atoms with E-state index in [1.807, 2.05) is 27.7 Å². The third-order valence-corrected chi connectivity index (χ3v) is 3.10. The van der Waals surface area contributed by atoms with Gasteiger partial charge in [-0.3, -0.25) is 9.59 Å². The number of rotatable bonds is 5.